The van der Waals surface area contributed by atoms with E-state index in [1.165, 1.54) is 17.4 Å². The highest BCUT2D eigenvalue weighted by Gasteiger charge is 2.30. The summed E-state index contributed by atoms with van der Waals surface area (Å²) in [6.45, 7) is 1.72. The monoisotopic (exact) mass is 326 g/mol. The third-order valence-electron chi connectivity index (χ3n) is 5.93. The minimum absolute atomic E-state index is 0.227. The highest BCUT2D eigenvalue weighted by molar-refractivity contribution is 5.80. The fourth-order valence-corrected chi connectivity index (χ4v) is 4.43. The number of nitrogens with zero attached hydrogens (tertiary/aromatic N) is 2. The molecule has 5 heteroatoms. The number of hydrogen-bond acceptors (Lipinski definition) is 3. The lowest BCUT2D eigenvalue weighted by Crippen LogP contribution is -2.40. The lowest BCUT2D eigenvalue weighted by molar-refractivity contribution is -0.133. The van der Waals surface area contributed by atoms with Crippen LogP contribution in [0.1, 0.15) is 50.0 Å². The van der Waals surface area contributed by atoms with Gasteiger partial charge >= 0.3 is 0 Å². The number of amides is 1. The number of aromatic amines is 1. The minimum atomic E-state index is 0.227. The average Bonchev–Trinajstić information content (AvgIpc) is 3.21. The highest BCUT2D eigenvalue weighted by atomic mass is 16.2. The number of carbonyl (C=O) groups is 1. The molecule has 1 saturated carbocycles. The van der Waals surface area contributed by atoms with Crippen molar-refractivity contribution in [3.05, 3.63) is 30.1 Å². The summed E-state index contributed by atoms with van der Waals surface area (Å²) in [6.07, 6.45) is 9.99. The second-order valence-electron chi connectivity index (χ2n) is 7.36. The molecule has 0 radical (unpaired) electrons. The molecule has 2 aromatic heterocycles. The highest BCUT2D eigenvalue weighted by Crippen LogP contribution is 2.33. The predicted molar refractivity (Wildman–Crippen MR) is 94.6 cm³/mol. The molecule has 3 N–H and O–H groups in total. The van der Waals surface area contributed by atoms with E-state index < -0.39 is 0 Å². The van der Waals surface area contributed by atoms with Gasteiger partial charge in [-0.15, -0.1) is 0 Å². The van der Waals surface area contributed by atoms with Crippen LogP contribution in [-0.2, 0) is 4.79 Å². The van der Waals surface area contributed by atoms with E-state index in [2.05, 4.69) is 27.1 Å². The second-order valence-corrected chi connectivity index (χ2v) is 7.36. The summed E-state index contributed by atoms with van der Waals surface area (Å²) in [7, 11) is 0. The van der Waals surface area contributed by atoms with E-state index >= 15 is 0 Å². The first-order valence-corrected chi connectivity index (χ1v) is 9.17. The SMILES string of the molecule is N[C@@H]1CCC[C@H]1CC(=O)N1CCC(c2c[nH]c3ncccc23)CC1. The van der Waals surface area contributed by atoms with Crippen LogP contribution >= 0.6 is 0 Å². The Hall–Kier alpha value is -1.88. The number of pyridine rings is 1. The molecule has 1 aliphatic carbocycles. The van der Waals surface area contributed by atoms with E-state index in [1.807, 2.05) is 12.3 Å². The third-order valence-corrected chi connectivity index (χ3v) is 5.93. The molecule has 0 bridgehead atoms. The van der Waals surface area contributed by atoms with Gasteiger partial charge in [0.1, 0.15) is 5.65 Å². The lowest BCUT2D eigenvalue weighted by atomic mass is 9.89. The van der Waals surface area contributed by atoms with Gasteiger partial charge in [0.2, 0.25) is 5.91 Å². The van der Waals surface area contributed by atoms with Crippen molar-refractivity contribution in [3.8, 4) is 0 Å². The van der Waals surface area contributed by atoms with Crippen LogP contribution in [0.15, 0.2) is 24.5 Å². The predicted octanol–water partition coefficient (Wildman–Crippen LogP) is 2.79. The first-order valence-electron chi connectivity index (χ1n) is 9.17. The van der Waals surface area contributed by atoms with Crippen molar-refractivity contribution in [1.82, 2.24) is 14.9 Å². The van der Waals surface area contributed by atoms with Gasteiger partial charge in [0.15, 0.2) is 0 Å². The van der Waals surface area contributed by atoms with E-state index in [9.17, 15) is 4.79 Å². The zero-order valence-corrected chi connectivity index (χ0v) is 14.1. The van der Waals surface area contributed by atoms with E-state index in [0.29, 0.717) is 24.2 Å². The second kappa shape index (κ2) is 6.55. The number of rotatable bonds is 3. The lowest BCUT2D eigenvalue weighted by Gasteiger charge is -2.33. The van der Waals surface area contributed by atoms with Crippen molar-refractivity contribution in [2.75, 3.05) is 13.1 Å². The number of nitrogens with two attached hydrogens (primary N) is 1. The topological polar surface area (TPSA) is 75.0 Å². The first-order chi connectivity index (χ1) is 11.7. The van der Waals surface area contributed by atoms with E-state index in [-0.39, 0.29) is 6.04 Å². The van der Waals surface area contributed by atoms with Crippen LogP contribution in [-0.4, -0.2) is 39.9 Å². The van der Waals surface area contributed by atoms with Gasteiger partial charge < -0.3 is 15.6 Å². The van der Waals surface area contributed by atoms with E-state index in [0.717, 1.165) is 44.4 Å². The van der Waals surface area contributed by atoms with Crippen LogP contribution < -0.4 is 5.73 Å². The minimum Gasteiger partial charge on any atom is -0.346 e. The van der Waals surface area contributed by atoms with Crippen LogP contribution in [0.2, 0.25) is 0 Å². The zero-order chi connectivity index (χ0) is 16.5. The van der Waals surface area contributed by atoms with Crippen LogP contribution in [0.4, 0.5) is 0 Å². The number of H-pyrrole nitrogens is 1. The molecule has 4 rings (SSSR count). The molecule has 1 amide bonds. The smallest absolute Gasteiger partial charge is 0.222 e. The number of aromatic nitrogens is 2. The molecular weight excluding hydrogens is 300 g/mol. The molecule has 128 valence electrons. The van der Waals surface area contributed by atoms with Crippen LogP contribution in [0.5, 0.6) is 0 Å². The molecule has 5 nitrogen and oxygen atoms in total. The number of carbonyl (C=O) groups excluding carboxylic acids is 1. The molecule has 2 aliphatic rings. The molecule has 2 aromatic rings. The number of fused-ring (bicyclic) bond motifs is 1. The summed E-state index contributed by atoms with van der Waals surface area (Å²) in [5.41, 5.74) is 8.43. The molecule has 1 saturated heterocycles. The summed E-state index contributed by atoms with van der Waals surface area (Å²) in [5.74, 6) is 1.21. The van der Waals surface area contributed by atoms with Gasteiger partial charge in [0, 0.05) is 43.3 Å². The number of likely N-dealkylation sites (tertiary alicyclic amines) is 1. The molecule has 1 aliphatic heterocycles. The third kappa shape index (κ3) is 2.93. The normalized spacial score (nSPS) is 25.5. The van der Waals surface area contributed by atoms with E-state index in [4.69, 9.17) is 5.73 Å². The number of hydrogen-bond donors (Lipinski definition) is 2. The average molecular weight is 326 g/mol. The van der Waals surface area contributed by atoms with Gasteiger partial charge in [-0.05, 0) is 55.2 Å². The van der Waals surface area contributed by atoms with Gasteiger partial charge in [0.05, 0.1) is 0 Å². The van der Waals surface area contributed by atoms with Crippen molar-refractivity contribution in [1.29, 1.82) is 0 Å². The first kappa shape index (κ1) is 15.6. The van der Waals surface area contributed by atoms with Crippen LogP contribution in [0.3, 0.4) is 0 Å². The Morgan fingerprint density at radius 2 is 2.12 bits per heavy atom. The van der Waals surface area contributed by atoms with E-state index in [1.54, 1.807) is 0 Å². The van der Waals surface area contributed by atoms with Gasteiger partial charge in [-0.3, -0.25) is 4.79 Å². The van der Waals surface area contributed by atoms with Gasteiger partial charge in [-0.25, -0.2) is 4.98 Å². The van der Waals surface area contributed by atoms with Gasteiger partial charge in [0.25, 0.3) is 0 Å². The number of nitrogens with one attached hydrogen (secondary N) is 1. The quantitative estimate of drug-likeness (QED) is 0.911. The maximum absolute atomic E-state index is 12.6. The summed E-state index contributed by atoms with van der Waals surface area (Å²) in [6, 6.07) is 4.35. The van der Waals surface area contributed by atoms with Crippen LogP contribution in [0.25, 0.3) is 11.0 Å². The Balaban J connectivity index is 1.37. The summed E-state index contributed by atoms with van der Waals surface area (Å²) >= 11 is 0. The largest absolute Gasteiger partial charge is 0.346 e. The number of piperidine rings is 1. The molecular formula is C19H26N4O. The van der Waals surface area contributed by atoms with Gasteiger partial charge in [-0.1, -0.05) is 6.42 Å². The fourth-order valence-electron chi connectivity index (χ4n) is 4.43. The molecule has 0 spiro atoms. The summed E-state index contributed by atoms with van der Waals surface area (Å²) in [5, 5.41) is 1.22. The summed E-state index contributed by atoms with van der Waals surface area (Å²) in [4.78, 5) is 22.2. The molecule has 0 aromatic carbocycles. The van der Waals surface area contributed by atoms with Crippen molar-refractivity contribution >= 4 is 16.9 Å². The molecule has 3 heterocycles. The maximum atomic E-state index is 12.6. The van der Waals surface area contributed by atoms with Crippen molar-refractivity contribution in [3.63, 3.8) is 0 Å². The van der Waals surface area contributed by atoms with Crippen molar-refractivity contribution < 1.29 is 4.79 Å². The maximum Gasteiger partial charge on any atom is 0.222 e. The molecule has 2 fully saturated rings. The molecule has 24 heavy (non-hydrogen) atoms. The van der Waals surface area contributed by atoms with Crippen molar-refractivity contribution in [2.24, 2.45) is 11.7 Å². The Kier molecular flexibility index (Phi) is 4.27. The Morgan fingerprint density at radius 3 is 2.88 bits per heavy atom. The summed E-state index contributed by atoms with van der Waals surface area (Å²) < 4.78 is 0. The Bertz CT molecular complexity index is 717. The Labute approximate surface area is 142 Å². The van der Waals surface area contributed by atoms with Gasteiger partial charge in [-0.2, -0.15) is 0 Å². The molecule has 2 atom stereocenters. The Morgan fingerprint density at radius 1 is 1.29 bits per heavy atom. The molecule has 0 unspecified atom stereocenters. The standard InChI is InChI=1S/C19H26N4O/c20-17-5-1-3-14(17)11-18(24)23-9-6-13(7-10-23)16-12-22-19-15(16)4-2-8-21-19/h2,4,8,12-14,17H,1,3,5-7,9-11,20H2,(H,21,22)/t14-,17+/m0/s1. The van der Waals surface area contributed by atoms with Crippen molar-refractivity contribution in [2.45, 2.75) is 50.5 Å². The fraction of sp³-hybridized carbons (Fsp3) is 0.579. The van der Waals surface area contributed by atoms with Crippen LogP contribution in [0, 0.1) is 5.92 Å². The zero-order valence-electron chi connectivity index (χ0n) is 14.1.